The summed E-state index contributed by atoms with van der Waals surface area (Å²) in [6.45, 7) is 2.40. The van der Waals surface area contributed by atoms with Crippen molar-refractivity contribution < 1.29 is 14.4 Å². The van der Waals surface area contributed by atoms with Crippen molar-refractivity contribution in [1.82, 2.24) is 15.5 Å². The number of carbonyl (C=O) groups is 3. The lowest BCUT2D eigenvalue weighted by molar-refractivity contribution is -0.129. The van der Waals surface area contributed by atoms with Crippen molar-refractivity contribution in [2.75, 3.05) is 31.1 Å². The van der Waals surface area contributed by atoms with E-state index in [0.717, 1.165) is 37.9 Å². The number of carbonyl (C=O) groups excluding carboxylic acids is 3. The van der Waals surface area contributed by atoms with Gasteiger partial charge in [-0.3, -0.25) is 14.4 Å². The minimum Gasteiger partial charge on any atom is -0.371 e. The zero-order valence-corrected chi connectivity index (χ0v) is 18.0. The third-order valence-electron chi connectivity index (χ3n) is 6.61. The summed E-state index contributed by atoms with van der Waals surface area (Å²) in [6.07, 6.45) is 2.87. The van der Waals surface area contributed by atoms with Crippen LogP contribution in [0.25, 0.3) is 0 Å². The van der Waals surface area contributed by atoms with Crippen molar-refractivity contribution in [1.29, 1.82) is 0 Å². The minimum absolute atomic E-state index is 0.0840. The molecule has 0 spiro atoms. The first-order chi connectivity index (χ1) is 15.6. The number of hydrogen-bond acceptors (Lipinski definition) is 4. The number of nitrogens with zero attached hydrogens (tertiary/aromatic N) is 2. The van der Waals surface area contributed by atoms with Crippen LogP contribution in [0.1, 0.15) is 41.2 Å². The average Bonchev–Trinajstić information content (AvgIpc) is 3.47. The highest BCUT2D eigenvalue weighted by molar-refractivity contribution is 6.05. The van der Waals surface area contributed by atoms with Crippen LogP contribution in [0.2, 0.25) is 0 Å². The number of para-hydroxylation sites is 1. The Hall–Kier alpha value is -3.35. The van der Waals surface area contributed by atoms with Crippen LogP contribution >= 0.6 is 0 Å². The third kappa shape index (κ3) is 4.07. The molecule has 7 heteroatoms. The molecule has 2 aliphatic heterocycles. The van der Waals surface area contributed by atoms with E-state index < -0.39 is 6.04 Å². The Labute approximate surface area is 187 Å². The van der Waals surface area contributed by atoms with Gasteiger partial charge in [-0.25, -0.2) is 0 Å². The fourth-order valence-corrected chi connectivity index (χ4v) is 4.79. The van der Waals surface area contributed by atoms with E-state index in [0.29, 0.717) is 18.0 Å². The van der Waals surface area contributed by atoms with Crippen LogP contribution in [-0.2, 0) is 9.59 Å². The predicted molar refractivity (Wildman–Crippen MR) is 121 cm³/mol. The summed E-state index contributed by atoms with van der Waals surface area (Å²) in [5.41, 5.74) is 2.53. The van der Waals surface area contributed by atoms with Gasteiger partial charge < -0.3 is 20.4 Å². The van der Waals surface area contributed by atoms with E-state index >= 15 is 0 Å². The number of rotatable bonds is 7. The minimum atomic E-state index is -0.645. The molecule has 2 aromatic carbocycles. The second kappa shape index (κ2) is 8.65. The van der Waals surface area contributed by atoms with E-state index in [9.17, 15) is 14.4 Å². The average molecular weight is 433 g/mol. The summed E-state index contributed by atoms with van der Waals surface area (Å²) in [6, 6.07) is 17.0. The van der Waals surface area contributed by atoms with Crippen molar-refractivity contribution in [3.63, 3.8) is 0 Å². The summed E-state index contributed by atoms with van der Waals surface area (Å²) >= 11 is 0. The maximum absolute atomic E-state index is 13.0. The fourth-order valence-electron chi connectivity index (χ4n) is 4.79. The zero-order valence-electron chi connectivity index (χ0n) is 18.0. The number of benzene rings is 2. The molecule has 0 unspecified atom stereocenters. The van der Waals surface area contributed by atoms with Crippen LogP contribution in [0, 0.1) is 5.92 Å². The molecule has 3 amide bonds. The molecule has 7 nitrogen and oxygen atoms in total. The Morgan fingerprint density at radius 3 is 2.47 bits per heavy atom. The standard InChI is InChI=1S/C25H28N4O3/c30-22(26-14-17-12-13-28(16-17)18-6-2-1-3-7-18)15-27-24(31)23-20-8-4-5-9-21(20)25(32)29(23)19-10-11-19/h1-9,17,19,23H,10-16H2,(H,26,30)(H,27,31)/t17-,23+/m1/s1. The SMILES string of the molecule is O=C(CNC(=O)[C@@H]1c2ccccc2C(=O)N1C1CC1)NC[C@H]1CCN(c2ccccc2)C1. The number of fused-ring (bicyclic) bond motifs is 1. The van der Waals surface area contributed by atoms with Gasteiger partial charge in [-0.15, -0.1) is 0 Å². The first kappa shape index (κ1) is 20.5. The lowest BCUT2D eigenvalue weighted by atomic mass is 10.0. The molecule has 0 aromatic heterocycles. The summed E-state index contributed by atoms with van der Waals surface area (Å²) in [5.74, 6) is -0.190. The van der Waals surface area contributed by atoms with E-state index in [4.69, 9.17) is 0 Å². The van der Waals surface area contributed by atoms with Gasteiger partial charge in [0.25, 0.3) is 5.91 Å². The number of hydrogen-bond donors (Lipinski definition) is 2. The molecule has 2 fully saturated rings. The van der Waals surface area contributed by atoms with Crippen LogP contribution < -0.4 is 15.5 Å². The summed E-state index contributed by atoms with van der Waals surface area (Å²) in [5, 5.41) is 5.71. The number of amides is 3. The highest BCUT2D eigenvalue weighted by atomic mass is 16.2. The molecule has 166 valence electrons. The lowest BCUT2D eigenvalue weighted by Crippen LogP contribution is -2.44. The Kier molecular flexibility index (Phi) is 5.55. The molecule has 0 bridgehead atoms. The van der Waals surface area contributed by atoms with Crippen molar-refractivity contribution in [3.05, 3.63) is 65.7 Å². The fraction of sp³-hybridized carbons (Fsp3) is 0.400. The van der Waals surface area contributed by atoms with E-state index in [2.05, 4.69) is 27.7 Å². The van der Waals surface area contributed by atoms with Crippen LogP contribution in [0.5, 0.6) is 0 Å². The Balaban J connectivity index is 1.12. The molecule has 0 radical (unpaired) electrons. The maximum Gasteiger partial charge on any atom is 0.255 e. The normalized spacial score (nSPS) is 22.1. The summed E-state index contributed by atoms with van der Waals surface area (Å²) < 4.78 is 0. The smallest absolute Gasteiger partial charge is 0.255 e. The van der Waals surface area contributed by atoms with E-state index in [1.165, 1.54) is 5.69 Å². The molecular formula is C25H28N4O3. The van der Waals surface area contributed by atoms with Crippen molar-refractivity contribution in [2.45, 2.75) is 31.3 Å². The molecule has 1 aliphatic carbocycles. The maximum atomic E-state index is 13.0. The second-order valence-corrected chi connectivity index (χ2v) is 8.89. The largest absolute Gasteiger partial charge is 0.371 e. The van der Waals surface area contributed by atoms with Gasteiger partial charge in [0.05, 0.1) is 6.54 Å². The first-order valence-corrected chi connectivity index (χ1v) is 11.4. The highest BCUT2D eigenvalue weighted by Gasteiger charge is 2.47. The van der Waals surface area contributed by atoms with Gasteiger partial charge in [0.2, 0.25) is 11.8 Å². The topological polar surface area (TPSA) is 81.8 Å². The molecule has 2 aromatic rings. The molecule has 2 atom stereocenters. The van der Waals surface area contributed by atoms with Gasteiger partial charge >= 0.3 is 0 Å². The summed E-state index contributed by atoms with van der Waals surface area (Å²) in [4.78, 5) is 42.2. The van der Waals surface area contributed by atoms with Gasteiger partial charge in [-0.2, -0.15) is 0 Å². The molecular weight excluding hydrogens is 404 g/mol. The van der Waals surface area contributed by atoms with Crippen LogP contribution in [0.3, 0.4) is 0 Å². The Morgan fingerprint density at radius 2 is 1.69 bits per heavy atom. The Morgan fingerprint density at radius 1 is 0.938 bits per heavy atom. The third-order valence-corrected chi connectivity index (χ3v) is 6.61. The molecule has 32 heavy (non-hydrogen) atoms. The van der Waals surface area contributed by atoms with Crippen LogP contribution in [-0.4, -0.2) is 54.8 Å². The predicted octanol–water partition coefficient (Wildman–Crippen LogP) is 2.10. The van der Waals surface area contributed by atoms with Crippen molar-refractivity contribution in [2.24, 2.45) is 5.92 Å². The van der Waals surface area contributed by atoms with Crippen molar-refractivity contribution >= 4 is 23.4 Å². The van der Waals surface area contributed by atoms with Crippen LogP contribution in [0.4, 0.5) is 5.69 Å². The van der Waals surface area contributed by atoms with Crippen molar-refractivity contribution in [3.8, 4) is 0 Å². The van der Waals surface area contributed by atoms with E-state index in [1.807, 2.05) is 36.4 Å². The van der Waals surface area contributed by atoms with Gasteiger partial charge in [-0.1, -0.05) is 36.4 Å². The number of nitrogens with one attached hydrogen (secondary N) is 2. The molecule has 2 heterocycles. The molecule has 1 saturated heterocycles. The van der Waals surface area contributed by atoms with E-state index in [1.54, 1.807) is 11.0 Å². The molecule has 1 saturated carbocycles. The molecule has 3 aliphatic rings. The monoisotopic (exact) mass is 432 g/mol. The van der Waals surface area contributed by atoms with Gasteiger partial charge in [-0.05, 0) is 48.9 Å². The second-order valence-electron chi connectivity index (χ2n) is 8.89. The molecule has 2 N–H and O–H groups in total. The quantitative estimate of drug-likeness (QED) is 0.702. The van der Waals surface area contributed by atoms with Gasteiger partial charge in [0, 0.05) is 36.9 Å². The van der Waals surface area contributed by atoms with E-state index in [-0.39, 0.29) is 30.3 Å². The van der Waals surface area contributed by atoms with Gasteiger partial charge in [0.1, 0.15) is 6.04 Å². The molecule has 5 rings (SSSR count). The Bertz CT molecular complexity index is 1020. The summed E-state index contributed by atoms with van der Waals surface area (Å²) in [7, 11) is 0. The number of anilines is 1. The zero-order chi connectivity index (χ0) is 22.1. The highest BCUT2D eigenvalue weighted by Crippen LogP contribution is 2.41. The first-order valence-electron chi connectivity index (χ1n) is 11.4. The van der Waals surface area contributed by atoms with Crippen LogP contribution in [0.15, 0.2) is 54.6 Å². The lowest BCUT2D eigenvalue weighted by Gasteiger charge is -2.24. The van der Waals surface area contributed by atoms with Gasteiger partial charge in [0.15, 0.2) is 0 Å².